The van der Waals surface area contributed by atoms with Gasteiger partial charge in [0.2, 0.25) is 0 Å². The van der Waals surface area contributed by atoms with E-state index in [9.17, 15) is 0 Å². The molecule has 3 heteroatoms. The van der Waals surface area contributed by atoms with Crippen molar-refractivity contribution in [2.45, 2.75) is 31.8 Å². The van der Waals surface area contributed by atoms with Gasteiger partial charge in [0, 0.05) is 23.9 Å². The van der Waals surface area contributed by atoms with Gasteiger partial charge in [0.25, 0.3) is 0 Å². The molecular weight excluding hydrogens is 212 g/mol. The molecule has 0 N–H and O–H groups in total. The van der Waals surface area contributed by atoms with Gasteiger partial charge in [-0.2, -0.15) is 0 Å². The summed E-state index contributed by atoms with van der Waals surface area (Å²) in [4.78, 5) is 9.91. The molecule has 0 spiro atoms. The molecule has 0 radical (unpaired) electrons. The second-order valence-corrected chi connectivity index (χ2v) is 5.49. The first kappa shape index (κ1) is 9.63. The van der Waals surface area contributed by atoms with Crippen LogP contribution in [0, 0.1) is 17.8 Å². The summed E-state index contributed by atoms with van der Waals surface area (Å²) in [6, 6.07) is 4.08. The van der Waals surface area contributed by atoms with Crippen molar-refractivity contribution in [2.75, 3.05) is 0 Å². The number of pyridine rings is 1. The van der Waals surface area contributed by atoms with Gasteiger partial charge < -0.3 is 4.84 Å². The number of hydrogen-bond acceptors (Lipinski definition) is 3. The quantitative estimate of drug-likeness (QED) is 0.797. The Bertz CT molecular complexity index is 449. The smallest absolute Gasteiger partial charge is 0.139 e. The molecule has 0 amide bonds. The zero-order valence-electron chi connectivity index (χ0n) is 9.75. The van der Waals surface area contributed by atoms with Crippen LogP contribution in [-0.4, -0.2) is 16.8 Å². The van der Waals surface area contributed by atoms with E-state index in [0.717, 1.165) is 23.1 Å². The lowest BCUT2D eigenvalue weighted by molar-refractivity contribution is 0.0406. The van der Waals surface area contributed by atoms with Crippen LogP contribution in [0.1, 0.15) is 31.2 Å². The first-order chi connectivity index (χ1) is 8.43. The first-order valence-corrected chi connectivity index (χ1v) is 6.57. The minimum Gasteiger partial charge on any atom is -0.391 e. The SMILES string of the molecule is c1cncc(C2=NOC(C3CC3)C2C2CC2)c1. The molecule has 0 saturated heterocycles. The molecule has 88 valence electrons. The van der Waals surface area contributed by atoms with Crippen LogP contribution in [0.15, 0.2) is 29.7 Å². The minimum absolute atomic E-state index is 0.359. The van der Waals surface area contributed by atoms with E-state index in [2.05, 4.69) is 16.2 Å². The molecule has 3 nitrogen and oxygen atoms in total. The molecule has 2 unspecified atom stereocenters. The standard InChI is InChI=1S/C14H16N2O/c1-2-11(8-15-7-1)13-12(9-3-4-9)14(17-16-13)10-5-6-10/h1-2,7-10,12,14H,3-6H2. The number of hydrogen-bond donors (Lipinski definition) is 0. The predicted octanol–water partition coefficient (Wildman–Crippen LogP) is 2.62. The van der Waals surface area contributed by atoms with Crippen molar-refractivity contribution in [2.24, 2.45) is 22.9 Å². The predicted molar refractivity (Wildman–Crippen MR) is 64.6 cm³/mol. The van der Waals surface area contributed by atoms with E-state index < -0.39 is 0 Å². The summed E-state index contributed by atoms with van der Waals surface area (Å²) in [6.45, 7) is 0. The van der Waals surface area contributed by atoms with E-state index in [1.54, 1.807) is 0 Å². The molecule has 2 atom stereocenters. The summed E-state index contributed by atoms with van der Waals surface area (Å²) in [7, 11) is 0. The zero-order chi connectivity index (χ0) is 11.2. The summed E-state index contributed by atoms with van der Waals surface area (Å²) < 4.78 is 0. The molecule has 0 aromatic carbocycles. The Morgan fingerprint density at radius 1 is 1.12 bits per heavy atom. The Labute approximate surface area is 101 Å². The highest BCUT2D eigenvalue weighted by atomic mass is 16.6. The van der Waals surface area contributed by atoms with Crippen molar-refractivity contribution in [3.05, 3.63) is 30.1 Å². The number of rotatable bonds is 3. The molecule has 2 heterocycles. The van der Waals surface area contributed by atoms with E-state index >= 15 is 0 Å². The van der Waals surface area contributed by atoms with Gasteiger partial charge >= 0.3 is 0 Å². The van der Waals surface area contributed by atoms with Crippen LogP contribution in [0.2, 0.25) is 0 Å². The monoisotopic (exact) mass is 228 g/mol. The third-order valence-electron chi connectivity index (χ3n) is 4.12. The lowest BCUT2D eigenvalue weighted by Crippen LogP contribution is -2.27. The topological polar surface area (TPSA) is 34.5 Å². The molecule has 17 heavy (non-hydrogen) atoms. The number of aromatic nitrogens is 1. The third kappa shape index (κ3) is 1.65. The summed E-state index contributed by atoms with van der Waals surface area (Å²) >= 11 is 0. The Morgan fingerprint density at radius 3 is 2.59 bits per heavy atom. The Kier molecular flexibility index (Phi) is 2.01. The lowest BCUT2D eigenvalue weighted by Gasteiger charge is -2.17. The highest BCUT2D eigenvalue weighted by Crippen LogP contribution is 2.50. The van der Waals surface area contributed by atoms with Gasteiger partial charge in [-0.1, -0.05) is 5.16 Å². The van der Waals surface area contributed by atoms with Gasteiger partial charge in [0.15, 0.2) is 0 Å². The van der Waals surface area contributed by atoms with Gasteiger partial charge in [0.1, 0.15) is 6.10 Å². The average molecular weight is 228 g/mol. The van der Waals surface area contributed by atoms with Crippen molar-refractivity contribution < 1.29 is 4.84 Å². The van der Waals surface area contributed by atoms with E-state index in [-0.39, 0.29) is 0 Å². The highest BCUT2D eigenvalue weighted by molar-refractivity contribution is 6.03. The fourth-order valence-electron chi connectivity index (χ4n) is 2.91. The van der Waals surface area contributed by atoms with Gasteiger partial charge in [0.05, 0.1) is 5.71 Å². The van der Waals surface area contributed by atoms with Crippen molar-refractivity contribution in [1.29, 1.82) is 0 Å². The largest absolute Gasteiger partial charge is 0.391 e. The van der Waals surface area contributed by atoms with E-state index in [1.807, 2.05) is 18.5 Å². The van der Waals surface area contributed by atoms with E-state index in [1.165, 1.54) is 25.7 Å². The van der Waals surface area contributed by atoms with E-state index in [4.69, 9.17) is 4.84 Å². The molecule has 1 aliphatic heterocycles. The molecule has 1 aromatic heterocycles. The number of oxime groups is 1. The van der Waals surface area contributed by atoms with Crippen LogP contribution in [0.4, 0.5) is 0 Å². The third-order valence-corrected chi connectivity index (χ3v) is 4.12. The molecule has 0 bridgehead atoms. The van der Waals surface area contributed by atoms with Crippen LogP contribution in [0.3, 0.4) is 0 Å². The van der Waals surface area contributed by atoms with Gasteiger partial charge in [-0.15, -0.1) is 0 Å². The maximum absolute atomic E-state index is 5.72. The maximum atomic E-state index is 5.72. The van der Waals surface area contributed by atoms with Crippen molar-refractivity contribution in [3.8, 4) is 0 Å². The molecule has 2 saturated carbocycles. The summed E-state index contributed by atoms with van der Waals surface area (Å²) in [5.41, 5.74) is 2.30. The van der Waals surface area contributed by atoms with Crippen molar-refractivity contribution >= 4 is 5.71 Å². The van der Waals surface area contributed by atoms with Gasteiger partial charge in [-0.05, 0) is 49.7 Å². The summed E-state index contributed by atoms with van der Waals surface area (Å²) in [6.07, 6.45) is 9.41. The fraction of sp³-hybridized carbons (Fsp3) is 0.571. The lowest BCUT2D eigenvalue weighted by atomic mass is 9.87. The molecule has 4 rings (SSSR count). The van der Waals surface area contributed by atoms with Crippen molar-refractivity contribution in [1.82, 2.24) is 4.98 Å². The Balaban J connectivity index is 1.66. The Hall–Kier alpha value is -1.38. The van der Waals surface area contributed by atoms with Crippen LogP contribution in [0.5, 0.6) is 0 Å². The number of nitrogens with zero attached hydrogens (tertiary/aromatic N) is 2. The second-order valence-electron chi connectivity index (χ2n) is 5.49. The van der Waals surface area contributed by atoms with Gasteiger partial charge in [-0.25, -0.2) is 0 Å². The van der Waals surface area contributed by atoms with Crippen molar-refractivity contribution in [3.63, 3.8) is 0 Å². The molecule has 2 fully saturated rings. The normalized spacial score (nSPS) is 32.1. The minimum atomic E-state index is 0.359. The molecule has 3 aliphatic rings. The molecular formula is C14H16N2O. The van der Waals surface area contributed by atoms with Crippen LogP contribution in [-0.2, 0) is 4.84 Å². The van der Waals surface area contributed by atoms with Gasteiger partial charge in [-0.3, -0.25) is 4.98 Å². The van der Waals surface area contributed by atoms with E-state index in [0.29, 0.717) is 12.0 Å². The second kappa shape index (κ2) is 3.56. The fourth-order valence-corrected chi connectivity index (χ4v) is 2.91. The average Bonchev–Trinajstić information content (AvgIpc) is 3.29. The first-order valence-electron chi connectivity index (χ1n) is 6.57. The molecule has 1 aromatic rings. The van der Waals surface area contributed by atoms with Crippen LogP contribution < -0.4 is 0 Å². The summed E-state index contributed by atoms with van der Waals surface area (Å²) in [5.74, 6) is 2.10. The Morgan fingerprint density at radius 2 is 1.94 bits per heavy atom. The zero-order valence-corrected chi connectivity index (χ0v) is 9.75. The van der Waals surface area contributed by atoms with Crippen LogP contribution in [0.25, 0.3) is 0 Å². The maximum Gasteiger partial charge on any atom is 0.139 e. The molecule has 2 aliphatic carbocycles. The summed E-state index contributed by atoms with van der Waals surface area (Å²) in [5, 5.41) is 4.37. The van der Waals surface area contributed by atoms with Crippen LogP contribution >= 0.6 is 0 Å². The highest BCUT2D eigenvalue weighted by Gasteiger charge is 2.50.